The van der Waals surface area contributed by atoms with E-state index in [1.807, 2.05) is 0 Å². The molecule has 168 valence electrons. The zero-order valence-electron chi connectivity index (χ0n) is 16.8. The number of nitrogens with zero attached hydrogens (tertiary/aromatic N) is 2. The molecule has 4 N–H and O–H groups in total. The predicted octanol–water partition coefficient (Wildman–Crippen LogP) is 4.62. The molecule has 0 fully saturated rings. The summed E-state index contributed by atoms with van der Waals surface area (Å²) in [6.45, 7) is 0. The molecule has 0 bridgehead atoms. The minimum atomic E-state index is -4.56. The maximum absolute atomic E-state index is 13.1. The second-order valence-electron chi connectivity index (χ2n) is 7.00. The quantitative estimate of drug-likeness (QED) is 0.212. The van der Waals surface area contributed by atoms with Gasteiger partial charge in [0.1, 0.15) is 17.1 Å². The molecule has 0 atom stereocenters. The average molecular weight is 484 g/mol. The molecule has 11 heteroatoms. The molecule has 4 aromatic rings. The number of azo groups is 1. The molecular weight excluding hydrogens is 466 g/mol. The van der Waals surface area contributed by atoms with Gasteiger partial charge in [-0.2, -0.15) is 8.42 Å². The van der Waals surface area contributed by atoms with Crippen molar-refractivity contribution < 1.29 is 26.5 Å². The fraction of sp³-hybridized carbons (Fsp3) is 0. The van der Waals surface area contributed by atoms with Crippen LogP contribution in [0.5, 0.6) is 5.75 Å². The summed E-state index contributed by atoms with van der Waals surface area (Å²) in [6.07, 6.45) is 0. The number of fused-ring (bicyclic) bond motifs is 1. The molecule has 0 amide bonds. The van der Waals surface area contributed by atoms with Crippen LogP contribution < -0.4 is 5.73 Å². The number of rotatable bonds is 5. The minimum Gasteiger partial charge on any atom is -0.507 e. The van der Waals surface area contributed by atoms with Crippen molar-refractivity contribution in [2.45, 2.75) is 14.7 Å². The Hall–Kier alpha value is -3.80. The fourth-order valence-electron chi connectivity index (χ4n) is 3.27. The topological polar surface area (TPSA) is 159 Å². The molecule has 0 unspecified atom stereocenters. The molecule has 9 nitrogen and oxygen atoms in total. The van der Waals surface area contributed by atoms with Crippen molar-refractivity contribution in [3.8, 4) is 5.75 Å². The number of phenolic OH excluding ortho intramolecular Hbond substituents is 1. The van der Waals surface area contributed by atoms with Crippen LogP contribution in [0.25, 0.3) is 10.8 Å². The first-order chi connectivity index (χ1) is 15.6. The SMILES string of the molecule is Nc1ccc2cc(S(=O)(=O)O)cc(O)c2c1/N=N/c1ccccc1S(=O)(=O)c1ccccc1. The van der Waals surface area contributed by atoms with E-state index in [0.29, 0.717) is 0 Å². The summed E-state index contributed by atoms with van der Waals surface area (Å²) in [4.78, 5) is -0.483. The van der Waals surface area contributed by atoms with Crippen molar-refractivity contribution >= 4 is 47.8 Å². The van der Waals surface area contributed by atoms with Gasteiger partial charge in [-0.15, -0.1) is 10.2 Å². The summed E-state index contributed by atoms with van der Waals surface area (Å²) in [6, 6.07) is 18.8. The van der Waals surface area contributed by atoms with Gasteiger partial charge < -0.3 is 10.8 Å². The molecule has 0 heterocycles. The summed E-state index contributed by atoms with van der Waals surface area (Å²) in [5.74, 6) is -0.494. The molecule has 0 saturated heterocycles. The Kier molecular flexibility index (Phi) is 5.62. The molecule has 0 aliphatic heterocycles. The van der Waals surface area contributed by atoms with Crippen LogP contribution in [0, 0.1) is 0 Å². The van der Waals surface area contributed by atoms with E-state index in [1.54, 1.807) is 30.3 Å². The lowest BCUT2D eigenvalue weighted by Crippen LogP contribution is -2.01. The predicted molar refractivity (Wildman–Crippen MR) is 122 cm³/mol. The van der Waals surface area contributed by atoms with Gasteiger partial charge in [0, 0.05) is 6.07 Å². The third-order valence-electron chi connectivity index (χ3n) is 4.84. The Morgan fingerprint density at radius 3 is 2.12 bits per heavy atom. The highest BCUT2D eigenvalue weighted by molar-refractivity contribution is 7.91. The van der Waals surface area contributed by atoms with Gasteiger partial charge in [-0.3, -0.25) is 4.55 Å². The van der Waals surface area contributed by atoms with E-state index in [0.717, 1.165) is 12.1 Å². The highest BCUT2D eigenvalue weighted by atomic mass is 32.2. The highest BCUT2D eigenvalue weighted by Crippen LogP contribution is 2.41. The highest BCUT2D eigenvalue weighted by Gasteiger charge is 2.21. The Morgan fingerprint density at radius 2 is 1.42 bits per heavy atom. The van der Waals surface area contributed by atoms with Gasteiger partial charge >= 0.3 is 0 Å². The van der Waals surface area contributed by atoms with Crippen molar-refractivity contribution in [1.82, 2.24) is 0 Å². The average Bonchev–Trinajstić information content (AvgIpc) is 2.78. The van der Waals surface area contributed by atoms with Gasteiger partial charge in [0.25, 0.3) is 10.1 Å². The van der Waals surface area contributed by atoms with Crippen LogP contribution in [-0.4, -0.2) is 26.5 Å². The summed E-state index contributed by atoms with van der Waals surface area (Å²) >= 11 is 0. The smallest absolute Gasteiger partial charge is 0.294 e. The monoisotopic (exact) mass is 483 g/mol. The van der Waals surface area contributed by atoms with Crippen LogP contribution in [0.2, 0.25) is 0 Å². The van der Waals surface area contributed by atoms with Crippen LogP contribution in [-0.2, 0) is 20.0 Å². The lowest BCUT2D eigenvalue weighted by Gasteiger charge is -2.10. The lowest BCUT2D eigenvalue weighted by molar-refractivity contribution is 0.471. The second kappa shape index (κ2) is 8.28. The van der Waals surface area contributed by atoms with Gasteiger partial charge in [0.2, 0.25) is 9.84 Å². The van der Waals surface area contributed by atoms with E-state index in [1.165, 1.54) is 36.4 Å². The number of aromatic hydroxyl groups is 1. The number of hydrogen-bond acceptors (Lipinski definition) is 8. The molecule has 0 aliphatic carbocycles. The number of phenols is 1. The summed E-state index contributed by atoms with van der Waals surface area (Å²) in [5.41, 5.74) is 6.18. The van der Waals surface area contributed by atoms with Gasteiger partial charge in [-0.1, -0.05) is 36.4 Å². The molecule has 0 aromatic heterocycles. The number of nitrogen functional groups attached to an aromatic ring is 1. The summed E-state index contributed by atoms with van der Waals surface area (Å²) in [7, 11) is -8.44. The van der Waals surface area contributed by atoms with Crippen molar-refractivity contribution in [2.24, 2.45) is 10.2 Å². The number of benzene rings is 4. The Balaban J connectivity index is 1.87. The maximum atomic E-state index is 13.1. The molecular formula is C22H17N3O6S2. The van der Waals surface area contributed by atoms with E-state index in [4.69, 9.17) is 5.73 Å². The molecule has 0 radical (unpaired) electrons. The number of sulfone groups is 1. The van der Waals surface area contributed by atoms with Gasteiger partial charge in [0.15, 0.2) is 0 Å². The number of nitrogens with two attached hydrogens (primary N) is 1. The van der Waals surface area contributed by atoms with Crippen molar-refractivity contribution in [3.05, 3.63) is 78.9 Å². The summed E-state index contributed by atoms with van der Waals surface area (Å²) in [5, 5.41) is 18.9. The van der Waals surface area contributed by atoms with E-state index < -0.39 is 30.6 Å². The first-order valence-electron chi connectivity index (χ1n) is 9.42. The zero-order valence-corrected chi connectivity index (χ0v) is 18.5. The van der Waals surface area contributed by atoms with E-state index in [9.17, 15) is 26.5 Å². The van der Waals surface area contributed by atoms with Crippen LogP contribution >= 0.6 is 0 Å². The van der Waals surface area contributed by atoms with Crippen LogP contribution in [0.15, 0.2) is 104 Å². The fourth-order valence-corrected chi connectivity index (χ4v) is 5.22. The summed E-state index contributed by atoms with van der Waals surface area (Å²) < 4.78 is 58.4. The number of hydrogen-bond donors (Lipinski definition) is 3. The first kappa shape index (κ1) is 22.4. The standard InChI is InChI=1S/C22H17N3O6S2/c23-17-11-10-14-12-16(33(29,30)31)13-19(26)21(14)22(17)25-24-18-8-4-5-9-20(18)32(27,28)15-6-2-1-3-7-15/h1-13,26H,23H2,(H,29,30,31)/b25-24+. The first-order valence-corrected chi connectivity index (χ1v) is 12.3. The molecule has 0 saturated carbocycles. The van der Waals surface area contributed by atoms with E-state index >= 15 is 0 Å². The van der Waals surface area contributed by atoms with Crippen molar-refractivity contribution in [2.75, 3.05) is 5.73 Å². The molecule has 0 aliphatic rings. The molecule has 0 spiro atoms. The molecule has 33 heavy (non-hydrogen) atoms. The largest absolute Gasteiger partial charge is 0.507 e. The normalized spacial score (nSPS) is 12.4. The third kappa shape index (κ3) is 4.29. The minimum absolute atomic E-state index is 0.0128. The molecule has 4 rings (SSSR count). The van der Waals surface area contributed by atoms with Crippen LogP contribution in [0.4, 0.5) is 17.1 Å². The number of anilines is 1. The molecule has 4 aromatic carbocycles. The van der Waals surface area contributed by atoms with Crippen molar-refractivity contribution in [1.29, 1.82) is 0 Å². The van der Waals surface area contributed by atoms with Gasteiger partial charge in [0.05, 0.1) is 25.8 Å². The van der Waals surface area contributed by atoms with Crippen LogP contribution in [0.3, 0.4) is 0 Å². The third-order valence-corrected chi connectivity index (χ3v) is 7.49. The second-order valence-corrected chi connectivity index (χ2v) is 10.3. The Labute approximate surface area is 189 Å². The van der Waals surface area contributed by atoms with Gasteiger partial charge in [-0.25, -0.2) is 8.42 Å². The van der Waals surface area contributed by atoms with Crippen LogP contribution in [0.1, 0.15) is 0 Å². The lowest BCUT2D eigenvalue weighted by atomic mass is 10.1. The van der Waals surface area contributed by atoms with Crippen molar-refractivity contribution in [3.63, 3.8) is 0 Å². The Morgan fingerprint density at radius 1 is 0.758 bits per heavy atom. The Bertz CT molecular complexity index is 1620. The van der Waals surface area contributed by atoms with E-state index in [-0.39, 0.29) is 37.6 Å². The zero-order chi connectivity index (χ0) is 23.8. The maximum Gasteiger partial charge on any atom is 0.294 e. The van der Waals surface area contributed by atoms with Gasteiger partial charge in [-0.05, 0) is 41.8 Å². The van der Waals surface area contributed by atoms with E-state index in [2.05, 4.69) is 10.2 Å².